The number of hydrogen-bond donors (Lipinski definition) is 1. The van der Waals surface area contributed by atoms with Crippen LogP contribution in [0.5, 0.6) is 0 Å². The molecule has 0 aromatic rings. The smallest absolute Gasteiger partial charge is 0.223 e. The van der Waals surface area contributed by atoms with E-state index in [1.165, 1.54) is 25.7 Å². The maximum Gasteiger partial charge on any atom is 0.223 e. The summed E-state index contributed by atoms with van der Waals surface area (Å²) in [6.07, 6.45) is 8.98. The van der Waals surface area contributed by atoms with E-state index in [4.69, 9.17) is 10.5 Å². The van der Waals surface area contributed by atoms with Crippen LogP contribution in [0.15, 0.2) is 0 Å². The third-order valence-electron chi connectivity index (χ3n) is 5.30. The minimum atomic E-state index is 0.0855. The average molecular weight is 296 g/mol. The van der Waals surface area contributed by atoms with Crippen molar-refractivity contribution in [1.82, 2.24) is 4.90 Å². The molecular weight excluding hydrogens is 264 g/mol. The lowest BCUT2D eigenvalue weighted by Gasteiger charge is -2.39. The molecule has 1 amide bonds. The normalized spacial score (nSPS) is 25.8. The molecule has 0 radical (unpaired) electrons. The van der Waals surface area contributed by atoms with E-state index in [1.807, 2.05) is 6.92 Å². The molecule has 2 N–H and O–H groups in total. The van der Waals surface area contributed by atoms with Crippen molar-refractivity contribution < 1.29 is 9.53 Å². The number of nitrogens with two attached hydrogens (primary N) is 1. The second-order valence-electron chi connectivity index (χ2n) is 6.95. The third kappa shape index (κ3) is 4.68. The predicted molar refractivity (Wildman–Crippen MR) is 85.0 cm³/mol. The van der Waals surface area contributed by atoms with E-state index in [2.05, 4.69) is 4.90 Å². The standard InChI is InChI=1S/C17H32N2O2/c1-2-21-13-15-7-6-10-19(12-15)16(20)11-17(14-18)8-4-3-5-9-17/h15H,2-14,18H2,1H3. The van der Waals surface area contributed by atoms with Gasteiger partial charge in [0, 0.05) is 26.1 Å². The van der Waals surface area contributed by atoms with Gasteiger partial charge in [-0.1, -0.05) is 19.3 Å². The second-order valence-corrected chi connectivity index (χ2v) is 6.95. The maximum atomic E-state index is 12.7. The molecule has 1 aliphatic heterocycles. The highest BCUT2D eigenvalue weighted by Crippen LogP contribution is 2.39. The van der Waals surface area contributed by atoms with Crippen molar-refractivity contribution in [2.24, 2.45) is 17.1 Å². The average Bonchev–Trinajstić information content (AvgIpc) is 2.54. The van der Waals surface area contributed by atoms with Gasteiger partial charge in [0.2, 0.25) is 5.91 Å². The topological polar surface area (TPSA) is 55.6 Å². The van der Waals surface area contributed by atoms with E-state index in [0.717, 1.165) is 45.6 Å². The van der Waals surface area contributed by atoms with Gasteiger partial charge < -0.3 is 15.4 Å². The number of rotatable bonds is 6. The summed E-state index contributed by atoms with van der Waals surface area (Å²) in [6.45, 7) is 6.04. The second kappa shape index (κ2) is 8.14. The molecule has 0 bridgehead atoms. The fourth-order valence-corrected chi connectivity index (χ4v) is 3.90. The minimum Gasteiger partial charge on any atom is -0.381 e. The summed E-state index contributed by atoms with van der Waals surface area (Å²) < 4.78 is 5.53. The highest BCUT2D eigenvalue weighted by atomic mass is 16.5. The van der Waals surface area contributed by atoms with Gasteiger partial charge >= 0.3 is 0 Å². The number of likely N-dealkylation sites (tertiary alicyclic amines) is 1. The Morgan fingerprint density at radius 3 is 2.71 bits per heavy atom. The summed E-state index contributed by atoms with van der Waals surface area (Å²) >= 11 is 0. The Balaban J connectivity index is 1.86. The van der Waals surface area contributed by atoms with E-state index in [1.54, 1.807) is 0 Å². The summed E-state index contributed by atoms with van der Waals surface area (Å²) in [5.74, 6) is 0.839. The number of amides is 1. The Labute approximate surface area is 129 Å². The molecule has 0 aromatic heterocycles. The molecular formula is C17H32N2O2. The number of carbonyl (C=O) groups excluding carboxylic acids is 1. The van der Waals surface area contributed by atoms with Crippen LogP contribution in [0.3, 0.4) is 0 Å². The minimum absolute atomic E-state index is 0.0855. The molecule has 2 aliphatic rings. The van der Waals surface area contributed by atoms with E-state index in [0.29, 0.717) is 24.8 Å². The van der Waals surface area contributed by atoms with E-state index < -0.39 is 0 Å². The lowest BCUT2D eigenvalue weighted by Crippen LogP contribution is -2.45. The molecule has 1 atom stereocenters. The fourth-order valence-electron chi connectivity index (χ4n) is 3.90. The van der Waals surface area contributed by atoms with Gasteiger partial charge in [-0.05, 0) is 50.5 Å². The number of hydrogen-bond acceptors (Lipinski definition) is 3. The van der Waals surface area contributed by atoms with Crippen molar-refractivity contribution in [2.45, 2.75) is 58.3 Å². The zero-order chi connectivity index (χ0) is 15.1. The van der Waals surface area contributed by atoms with Crippen LogP contribution in [0.1, 0.15) is 58.3 Å². The Hall–Kier alpha value is -0.610. The zero-order valence-corrected chi connectivity index (χ0v) is 13.6. The highest BCUT2D eigenvalue weighted by Gasteiger charge is 2.35. The van der Waals surface area contributed by atoms with Gasteiger partial charge in [-0.25, -0.2) is 0 Å². The van der Waals surface area contributed by atoms with Crippen LogP contribution in [0.4, 0.5) is 0 Å². The number of carbonyl (C=O) groups is 1. The van der Waals surface area contributed by atoms with Crippen LogP contribution in [0.25, 0.3) is 0 Å². The summed E-state index contributed by atoms with van der Waals surface area (Å²) in [5.41, 5.74) is 6.10. The lowest BCUT2D eigenvalue weighted by molar-refractivity contribution is -0.136. The summed E-state index contributed by atoms with van der Waals surface area (Å²) in [7, 11) is 0. The van der Waals surface area contributed by atoms with Crippen molar-refractivity contribution in [3.8, 4) is 0 Å². The zero-order valence-electron chi connectivity index (χ0n) is 13.6. The molecule has 1 aliphatic carbocycles. The first kappa shape index (κ1) is 16.8. The van der Waals surface area contributed by atoms with Crippen LogP contribution in [0.2, 0.25) is 0 Å². The first-order valence-corrected chi connectivity index (χ1v) is 8.75. The van der Waals surface area contributed by atoms with Gasteiger partial charge in [-0.2, -0.15) is 0 Å². The monoisotopic (exact) mass is 296 g/mol. The summed E-state index contributed by atoms with van der Waals surface area (Å²) in [5, 5.41) is 0. The maximum absolute atomic E-state index is 12.7. The van der Waals surface area contributed by atoms with Gasteiger partial charge in [-0.3, -0.25) is 4.79 Å². The first-order chi connectivity index (χ1) is 10.2. The predicted octanol–water partition coefficient (Wildman–Crippen LogP) is 2.56. The first-order valence-electron chi connectivity index (χ1n) is 8.75. The molecule has 4 heteroatoms. The molecule has 21 heavy (non-hydrogen) atoms. The Kier molecular flexibility index (Phi) is 6.49. The van der Waals surface area contributed by atoms with Gasteiger partial charge in [-0.15, -0.1) is 0 Å². The Morgan fingerprint density at radius 2 is 2.05 bits per heavy atom. The van der Waals surface area contributed by atoms with Crippen LogP contribution >= 0.6 is 0 Å². The van der Waals surface area contributed by atoms with E-state index in [-0.39, 0.29) is 5.41 Å². The quantitative estimate of drug-likeness (QED) is 0.819. The lowest BCUT2D eigenvalue weighted by atomic mass is 9.71. The van der Waals surface area contributed by atoms with Gasteiger partial charge in [0.05, 0.1) is 6.61 Å². The van der Waals surface area contributed by atoms with Crippen LogP contribution in [-0.2, 0) is 9.53 Å². The van der Waals surface area contributed by atoms with Crippen molar-refractivity contribution in [3.63, 3.8) is 0 Å². The fraction of sp³-hybridized carbons (Fsp3) is 0.941. The molecule has 1 saturated carbocycles. The molecule has 2 fully saturated rings. The molecule has 0 aromatic carbocycles. The molecule has 122 valence electrons. The van der Waals surface area contributed by atoms with Crippen LogP contribution in [-0.4, -0.2) is 43.7 Å². The van der Waals surface area contributed by atoms with E-state index >= 15 is 0 Å². The van der Waals surface area contributed by atoms with Crippen molar-refractivity contribution in [2.75, 3.05) is 32.8 Å². The van der Waals surface area contributed by atoms with Crippen molar-refractivity contribution in [1.29, 1.82) is 0 Å². The summed E-state index contributed by atoms with van der Waals surface area (Å²) in [6, 6.07) is 0. The SMILES string of the molecule is CCOCC1CCCN(C(=O)CC2(CN)CCCCC2)C1. The molecule has 0 spiro atoms. The molecule has 2 rings (SSSR count). The highest BCUT2D eigenvalue weighted by molar-refractivity contribution is 5.77. The third-order valence-corrected chi connectivity index (χ3v) is 5.30. The van der Waals surface area contributed by atoms with Gasteiger partial charge in [0.25, 0.3) is 0 Å². The molecule has 4 nitrogen and oxygen atoms in total. The van der Waals surface area contributed by atoms with E-state index in [9.17, 15) is 4.79 Å². The van der Waals surface area contributed by atoms with Crippen molar-refractivity contribution in [3.05, 3.63) is 0 Å². The number of nitrogens with zero attached hydrogens (tertiary/aromatic N) is 1. The Bertz CT molecular complexity index is 327. The largest absolute Gasteiger partial charge is 0.381 e. The van der Waals surface area contributed by atoms with Crippen LogP contribution < -0.4 is 5.73 Å². The number of ether oxygens (including phenoxy) is 1. The molecule has 1 saturated heterocycles. The van der Waals surface area contributed by atoms with Crippen molar-refractivity contribution >= 4 is 5.91 Å². The Morgan fingerprint density at radius 1 is 1.29 bits per heavy atom. The van der Waals surface area contributed by atoms with Gasteiger partial charge in [0.15, 0.2) is 0 Å². The molecule has 1 unspecified atom stereocenters. The summed E-state index contributed by atoms with van der Waals surface area (Å²) in [4.78, 5) is 14.7. The molecule has 1 heterocycles. The van der Waals surface area contributed by atoms with Crippen LogP contribution in [0, 0.1) is 11.3 Å². The number of piperidine rings is 1. The van der Waals surface area contributed by atoms with Gasteiger partial charge in [0.1, 0.15) is 0 Å².